The standard InChI is InChI=1S/C22H18N2O5/c1-15(21(25)24-17-9-7-16(13-23)8-10-17)28-22(26)20-12-11-19(29-20)14-27-18-5-3-2-4-6-18/h2-12,15H,14H2,1H3,(H,24,25)/t15-/m0/s1. The van der Waals surface area contributed by atoms with Crippen molar-refractivity contribution in [2.24, 2.45) is 0 Å². The van der Waals surface area contributed by atoms with E-state index in [1.807, 2.05) is 36.4 Å². The van der Waals surface area contributed by atoms with E-state index in [0.717, 1.165) is 0 Å². The molecule has 3 rings (SSSR count). The van der Waals surface area contributed by atoms with Crippen molar-refractivity contribution in [2.45, 2.75) is 19.6 Å². The SMILES string of the molecule is C[C@H](OC(=O)c1ccc(COc2ccccc2)o1)C(=O)Nc1ccc(C#N)cc1. The van der Waals surface area contributed by atoms with Crippen LogP contribution in [0, 0.1) is 11.3 Å². The average molecular weight is 390 g/mol. The molecule has 0 bridgehead atoms. The summed E-state index contributed by atoms with van der Waals surface area (Å²) in [6.45, 7) is 1.62. The number of para-hydroxylation sites is 1. The first-order chi connectivity index (χ1) is 14.0. The maximum atomic E-state index is 12.2. The Bertz CT molecular complexity index is 1020. The fraction of sp³-hybridized carbons (Fsp3) is 0.136. The van der Waals surface area contributed by atoms with E-state index in [1.165, 1.54) is 13.0 Å². The Hall–Kier alpha value is -4.05. The van der Waals surface area contributed by atoms with Gasteiger partial charge in [0.2, 0.25) is 5.76 Å². The summed E-state index contributed by atoms with van der Waals surface area (Å²) in [4.78, 5) is 24.4. The summed E-state index contributed by atoms with van der Waals surface area (Å²) >= 11 is 0. The van der Waals surface area contributed by atoms with Gasteiger partial charge in [-0.1, -0.05) is 18.2 Å². The number of carbonyl (C=O) groups excluding carboxylic acids is 2. The van der Waals surface area contributed by atoms with Crippen molar-refractivity contribution in [2.75, 3.05) is 5.32 Å². The minimum Gasteiger partial charge on any atom is -0.486 e. The third kappa shape index (κ3) is 5.47. The summed E-state index contributed by atoms with van der Waals surface area (Å²) in [7, 11) is 0. The number of nitrogens with one attached hydrogen (secondary N) is 1. The molecule has 1 N–H and O–H groups in total. The Balaban J connectivity index is 1.51. The average Bonchev–Trinajstić information content (AvgIpc) is 3.23. The van der Waals surface area contributed by atoms with Crippen LogP contribution in [0.1, 0.15) is 28.8 Å². The zero-order valence-corrected chi connectivity index (χ0v) is 15.6. The summed E-state index contributed by atoms with van der Waals surface area (Å²) in [6.07, 6.45) is -1.03. The van der Waals surface area contributed by atoms with E-state index in [9.17, 15) is 9.59 Å². The Morgan fingerprint density at radius 1 is 1.07 bits per heavy atom. The van der Waals surface area contributed by atoms with Gasteiger partial charge in [0, 0.05) is 5.69 Å². The molecule has 146 valence electrons. The molecule has 2 aromatic carbocycles. The van der Waals surface area contributed by atoms with E-state index in [0.29, 0.717) is 22.8 Å². The lowest BCUT2D eigenvalue weighted by Crippen LogP contribution is -2.29. The van der Waals surface area contributed by atoms with Crippen LogP contribution < -0.4 is 10.1 Å². The Morgan fingerprint density at radius 2 is 1.79 bits per heavy atom. The second kappa shape index (κ2) is 9.24. The summed E-state index contributed by atoms with van der Waals surface area (Å²) in [5.41, 5.74) is 0.975. The number of ether oxygens (including phenoxy) is 2. The first-order valence-corrected chi connectivity index (χ1v) is 8.84. The number of furan rings is 1. The molecule has 0 fully saturated rings. The van der Waals surface area contributed by atoms with Crippen LogP contribution in [0.15, 0.2) is 71.1 Å². The van der Waals surface area contributed by atoms with Gasteiger partial charge in [0.05, 0.1) is 11.6 Å². The second-order valence-corrected chi connectivity index (χ2v) is 6.09. The number of carbonyl (C=O) groups is 2. The molecule has 29 heavy (non-hydrogen) atoms. The smallest absolute Gasteiger partial charge is 0.375 e. The van der Waals surface area contributed by atoms with Crippen molar-refractivity contribution in [3.05, 3.63) is 83.8 Å². The van der Waals surface area contributed by atoms with Crippen molar-refractivity contribution in [3.63, 3.8) is 0 Å². The van der Waals surface area contributed by atoms with Crippen LogP contribution in [0.5, 0.6) is 5.75 Å². The topological polar surface area (TPSA) is 102 Å². The van der Waals surface area contributed by atoms with E-state index in [1.54, 1.807) is 30.3 Å². The molecule has 0 aliphatic rings. The molecule has 0 aliphatic heterocycles. The number of rotatable bonds is 7. The molecule has 3 aromatic rings. The highest BCUT2D eigenvalue weighted by atomic mass is 16.6. The van der Waals surface area contributed by atoms with E-state index in [4.69, 9.17) is 19.2 Å². The third-order valence-corrected chi connectivity index (χ3v) is 3.92. The van der Waals surface area contributed by atoms with Crippen molar-refractivity contribution >= 4 is 17.6 Å². The molecule has 7 nitrogen and oxygen atoms in total. The molecule has 0 saturated carbocycles. The number of hydrogen-bond donors (Lipinski definition) is 1. The monoisotopic (exact) mass is 390 g/mol. The fourth-order valence-electron chi connectivity index (χ4n) is 2.38. The lowest BCUT2D eigenvalue weighted by atomic mass is 10.2. The summed E-state index contributed by atoms with van der Waals surface area (Å²) in [5.74, 6) is -0.132. The summed E-state index contributed by atoms with van der Waals surface area (Å²) in [6, 6.07) is 20.6. The summed E-state index contributed by atoms with van der Waals surface area (Å²) < 4.78 is 16.1. The van der Waals surface area contributed by atoms with Crippen LogP contribution in [0.2, 0.25) is 0 Å². The minimum absolute atomic E-state index is 0.0188. The van der Waals surface area contributed by atoms with Gasteiger partial charge in [0.25, 0.3) is 5.91 Å². The number of esters is 1. The predicted octanol–water partition coefficient (Wildman–Crippen LogP) is 3.91. The summed E-state index contributed by atoms with van der Waals surface area (Å²) in [5, 5.41) is 11.4. The molecule has 7 heteroatoms. The van der Waals surface area contributed by atoms with Gasteiger partial charge >= 0.3 is 5.97 Å². The van der Waals surface area contributed by atoms with Crippen LogP contribution in [0.4, 0.5) is 5.69 Å². The van der Waals surface area contributed by atoms with Gasteiger partial charge in [0.15, 0.2) is 6.10 Å². The lowest BCUT2D eigenvalue weighted by molar-refractivity contribution is -0.123. The highest BCUT2D eigenvalue weighted by Gasteiger charge is 2.21. The molecule has 0 unspecified atom stereocenters. The number of nitriles is 1. The molecule has 0 saturated heterocycles. The largest absolute Gasteiger partial charge is 0.486 e. The van der Waals surface area contributed by atoms with Crippen LogP contribution in [-0.2, 0) is 16.1 Å². The van der Waals surface area contributed by atoms with Crippen molar-refractivity contribution in [1.29, 1.82) is 5.26 Å². The van der Waals surface area contributed by atoms with Crippen molar-refractivity contribution < 1.29 is 23.5 Å². The normalized spacial score (nSPS) is 11.2. The first-order valence-electron chi connectivity index (χ1n) is 8.84. The van der Waals surface area contributed by atoms with Gasteiger partial charge < -0.3 is 19.2 Å². The second-order valence-electron chi connectivity index (χ2n) is 6.09. The molecule has 1 amide bonds. The Kier molecular flexibility index (Phi) is 6.28. The highest BCUT2D eigenvalue weighted by Crippen LogP contribution is 2.15. The highest BCUT2D eigenvalue weighted by molar-refractivity contribution is 5.96. The zero-order valence-electron chi connectivity index (χ0n) is 15.6. The van der Waals surface area contributed by atoms with Gasteiger partial charge in [-0.25, -0.2) is 4.79 Å². The van der Waals surface area contributed by atoms with Crippen molar-refractivity contribution in [1.82, 2.24) is 0 Å². The van der Waals surface area contributed by atoms with E-state index < -0.39 is 18.0 Å². The maximum absolute atomic E-state index is 12.2. The molecule has 0 spiro atoms. The number of nitrogens with zero attached hydrogens (tertiary/aromatic N) is 1. The zero-order chi connectivity index (χ0) is 20.6. The molecular weight excluding hydrogens is 372 g/mol. The third-order valence-electron chi connectivity index (χ3n) is 3.92. The molecule has 1 aromatic heterocycles. The maximum Gasteiger partial charge on any atom is 0.375 e. The van der Waals surface area contributed by atoms with Gasteiger partial charge in [-0.3, -0.25) is 4.79 Å². The quantitative estimate of drug-likeness (QED) is 0.614. The number of anilines is 1. The van der Waals surface area contributed by atoms with Gasteiger partial charge in [-0.05, 0) is 55.5 Å². The number of hydrogen-bond acceptors (Lipinski definition) is 6. The Morgan fingerprint density at radius 3 is 2.48 bits per heavy atom. The van der Waals surface area contributed by atoms with Crippen LogP contribution in [-0.4, -0.2) is 18.0 Å². The molecular formula is C22H18N2O5. The lowest BCUT2D eigenvalue weighted by Gasteiger charge is -2.12. The van der Waals surface area contributed by atoms with Crippen LogP contribution in [0.25, 0.3) is 0 Å². The van der Waals surface area contributed by atoms with Gasteiger partial charge in [-0.2, -0.15) is 5.26 Å². The van der Waals surface area contributed by atoms with Crippen LogP contribution >= 0.6 is 0 Å². The first kappa shape index (κ1) is 19.7. The van der Waals surface area contributed by atoms with E-state index in [-0.39, 0.29) is 12.4 Å². The van der Waals surface area contributed by atoms with E-state index >= 15 is 0 Å². The minimum atomic E-state index is -1.03. The van der Waals surface area contributed by atoms with Crippen molar-refractivity contribution in [3.8, 4) is 11.8 Å². The fourth-order valence-corrected chi connectivity index (χ4v) is 2.38. The van der Waals surface area contributed by atoms with E-state index in [2.05, 4.69) is 5.32 Å². The predicted molar refractivity (Wildman–Crippen MR) is 104 cm³/mol. The number of amides is 1. The number of benzene rings is 2. The molecule has 0 aliphatic carbocycles. The molecule has 0 radical (unpaired) electrons. The Labute approximate surface area is 167 Å². The van der Waals surface area contributed by atoms with Gasteiger partial charge in [0.1, 0.15) is 18.1 Å². The van der Waals surface area contributed by atoms with Gasteiger partial charge in [-0.15, -0.1) is 0 Å². The molecule has 1 atom stereocenters. The van der Waals surface area contributed by atoms with Crippen LogP contribution in [0.3, 0.4) is 0 Å². The molecule has 1 heterocycles.